The average molecular weight is 277 g/mol. The van der Waals surface area contributed by atoms with Crippen LogP contribution >= 0.6 is 0 Å². The van der Waals surface area contributed by atoms with Gasteiger partial charge in [0.1, 0.15) is 0 Å². The summed E-state index contributed by atoms with van der Waals surface area (Å²) in [5.74, 6) is -1.05. The predicted molar refractivity (Wildman–Crippen MR) is 78.3 cm³/mol. The molecule has 1 unspecified atom stereocenters. The number of likely N-dealkylation sites (N-methyl/N-ethyl adjacent to an activating group) is 1. The lowest BCUT2D eigenvalue weighted by Crippen LogP contribution is -2.54. The van der Waals surface area contributed by atoms with Crippen molar-refractivity contribution in [1.82, 2.24) is 4.90 Å². The first-order valence-electron chi connectivity index (χ1n) is 6.93. The summed E-state index contributed by atoms with van der Waals surface area (Å²) in [6.45, 7) is 7.53. The van der Waals surface area contributed by atoms with E-state index in [1.54, 1.807) is 24.3 Å². The van der Waals surface area contributed by atoms with Crippen LogP contribution in [0.5, 0.6) is 0 Å². The number of rotatable bonds is 6. The number of hydrogen-bond acceptors (Lipinski definition) is 2. The summed E-state index contributed by atoms with van der Waals surface area (Å²) in [7, 11) is 0. The molecular weight excluding hydrogens is 254 g/mol. The van der Waals surface area contributed by atoms with E-state index < -0.39 is 11.5 Å². The maximum atomic E-state index is 12.1. The van der Waals surface area contributed by atoms with Crippen LogP contribution < -0.4 is 0 Å². The van der Waals surface area contributed by atoms with E-state index in [2.05, 4.69) is 0 Å². The number of amides is 1. The van der Waals surface area contributed by atoms with Crippen LogP contribution in [0.3, 0.4) is 0 Å². The molecule has 0 aromatic heterocycles. The summed E-state index contributed by atoms with van der Waals surface area (Å²) in [5, 5.41) is 9.88. The molecule has 0 aliphatic carbocycles. The lowest BCUT2D eigenvalue weighted by atomic mass is 9.80. The summed E-state index contributed by atoms with van der Waals surface area (Å²) in [5.41, 5.74) is -0.644. The first-order chi connectivity index (χ1) is 9.36. The third kappa shape index (κ3) is 3.00. The van der Waals surface area contributed by atoms with Crippen molar-refractivity contribution in [3.63, 3.8) is 0 Å². The third-order valence-corrected chi connectivity index (χ3v) is 3.47. The van der Waals surface area contributed by atoms with Crippen molar-refractivity contribution in [2.24, 2.45) is 5.92 Å². The summed E-state index contributed by atoms with van der Waals surface area (Å²) in [6.07, 6.45) is 0.389. The number of benzene rings is 1. The Morgan fingerprint density at radius 2 is 1.80 bits per heavy atom. The minimum Gasteiger partial charge on any atom is -0.479 e. The van der Waals surface area contributed by atoms with Gasteiger partial charge in [0, 0.05) is 13.5 Å². The molecule has 0 bridgehead atoms. The molecule has 0 radical (unpaired) electrons. The van der Waals surface area contributed by atoms with Gasteiger partial charge in [0.15, 0.2) is 5.54 Å². The number of hydrogen-bond donors (Lipinski definition) is 1. The van der Waals surface area contributed by atoms with Crippen molar-refractivity contribution in [2.45, 2.75) is 39.7 Å². The molecule has 4 heteroatoms. The van der Waals surface area contributed by atoms with Crippen molar-refractivity contribution in [3.05, 3.63) is 35.9 Å². The fourth-order valence-corrected chi connectivity index (χ4v) is 2.78. The Labute approximate surface area is 120 Å². The van der Waals surface area contributed by atoms with E-state index in [1.807, 2.05) is 26.8 Å². The quantitative estimate of drug-likeness (QED) is 0.869. The van der Waals surface area contributed by atoms with Crippen molar-refractivity contribution in [1.29, 1.82) is 0 Å². The molecule has 1 aromatic rings. The fraction of sp³-hybridized carbons (Fsp3) is 0.500. The molecule has 0 aliphatic rings. The summed E-state index contributed by atoms with van der Waals surface area (Å²) < 4.78 is 0. The van der Waals surface area contributed by atoms with Gasteiger partial charge in [0.25, 0.3) is 0 Å². The lowest BCUT2D eigenvalue weighted by molar-refractivity contribution is -0.161. The van der Waals surface area contributed by atoms with E-state index >= 15 is 0 Å². The summed E-state index contributed by atoms with van der Waals surface area (Å²) in [4.78, 5) is 25.5. The number of carbonyl (C=O) groups excluding carboxylic acids is 1. The monoisotopic (exact) mass is 277 g/mol. The highest BCUT2D eigenvalue weighted by atomic mass is 16.4. The number of carboxylic acids is 1. The SMILES string of the molecule is CCN(C(C)=O)C(CC(C)C)(C(=O)O)c1ccccc1. The zero-order chi connectivity index (χ0) is 15.3. The maximum Gasteiger partial charge on any atom is 0.334 e. The van der Waals surface area contributed by atoms with Gasteiger partial charge in [-0.05, 0) is 24.8 Å². The van der Waals surface area contributed by atoms with Crippen molar-refractivity contribution < 1.29 is 14.7 Å². The minimum absolute atomic E-state index is 0.153. The summed E-state index contributed by atoms with van der Waals surface area (Å²) in [6, 6.07) is 9.02. The van der Waals surface area contributed by atoms with Gasteiger partial charge in [-0.25, -0.2) is 4.79 Å². The Balaban J connectivity index is 3.50. The Morgan fingerprint density at radius 3 is 2.15 bits per heavy atom. The molecule has 0 heterocycles. The summed E-state index contributed by atoms with van der Waals surface area (Å²) >= 11 is 0. The second-order valence-electron chi connectivity index (χ2n) is 5.39. The van der Waals surface area contributed by atoms with E-state index in [9.17, 15) is 14.7 Å². The molecule has 1 amide bonds. The van der Waals surface area contributed by atoms with Crippen LogP contribution in [0, 0.1) is 5.92 Å². The highest BCUT2D eigenvalue weighted by molar-refractivity contribution is 5.87. The second kappa shape index (κ2) is 6.55. The van der Waals surface area contributed by atoms with E-state index in [1.165, 1.54) is 11.8 Å². The van der Waals surface area contributed by atoms with Gasteiger partial charge < -0.3 is 10.0 Å². The Kier molecular flexibility index (Phi) is 5.31. The van der Waals surface area contributed by atoms with Gasteiger partial charge in [-0.2, -0.15) is 0 Å². The molecule has 1 aromatic carbocycles. The molecule has 4 nitrogen and oxygen atoms in total. The Morgan fingerprint density at radius 1 is 1.25 bits per heavy atom. The van der Waals surface area contributed by atoms with Gasteiger partial charge in [0.2, 0.25) is 5.91 Å². The zero-order valence-corrected chi connectivity index (χ0v) is 12.6. The topological polar surface area (TPSA) is 57.6 Å². The normalized spacial score (nSPS) is 13.8. The number of carbonyl (C=O) groups is 2. The molecule has 1 rings (SSSR count). The van der Waals surface area contributed by atoms with Crippen molar-refractivity contribution in [2.75, 3.05) is 6.54 Å². The second-order valence-corrected chi connectivity index (χ2v) is 5.39. The van der Waals surface area contributed by atoms with E-state index in [-0.39, 0.29) is 11.8 Å². The number of aliphatic carboxylic acids is 1. The van der Waals surface area contributed by atoms with Crippen LogP contribution in [0.25, 0.3) is 0 Å². The Bertz CT molecular complexity index is 470. The van der Waals surface area contributed by atoms with Crippen molar-refractivity contribution in [3.8, 4) is 0 Å². The van der Waals surface area contributed by atoms with Crippen molar-refractivity contribution >= 4 is 11.9 Å². The minimum atomic E-state index is -1.30. The van der Waals surface area contributed by atoms with Crippen LogP contribution in [0.1, 0.15) is 39.7 Å². The van der Waals surface area contributed by atoms with Crippen LogP contribution in [0.4, 0.5) is 0 Å². The number of nitrogens with zero attached hydrogens (tertiary/aromatic N) is 1. The van der Waals surface area contributed by atoms with Gasteiger partial charge >= 0.3 is 5.97 Å². The van der Waals surface area contributed by atoms with Crippen LogP contribution in [-0.4, -0.2) is 28.4 Å². The molecule has 0 aliphatic heterocycles. The van der Waals surface area contributed by atoms with Gasteiger partial charge in [-0.3, -0.25) is 4.79 Å². The van der Waals surface area contributed by atoms with Gasteiger partial charge in [-0.1, -0.05) is 44.2 Å². The standard InChI is InChI=1S/C16H23NO3/c1-5-17(13(4)18)16(15(19)20,11-12(2)3)14-9-7-6-8-10-14/h6-10,12H,5,11H2,1-4H3,(H,19,20). The Hall–Kier alpha value is -1.84. The lowest BCUT2D eigenvalue weighted by Gasteiger charge is -2.41. The fourth-order valence-electron chi connectivity index (χ4n) is 2.78. The van der Waals surface area contributed by atoms with E-state index in [4.69, 9.17) is 0 Å². The highest BCUT2D eigenvalue weighted by Crippen LogP contribution is 2.35. The highest BCUT2D eigenvalue weighted by Gasteiger charge is 2.47. The van der Waals surface area contributed by atoms with Gasteiger partial charge in [0.05, 0.1) is 0 Å². The van der Waals surface area contributed by atoms with Crippen LogP contribution in [0.2, 0.25) is 0 Å². The van der Waals surface area contributed by atoms with Crippen LogP contribution in [-0.2, 0) is 15.1 Å². The largest absolute Gasteiger partial charge is 0.479 e. The molecule has 0 saturated heterocycles. The smallest absolute Gasteiger partial charge is 0.334 e. The molecular formula is C16H23NO3. The molecule has 1 N–H and O–H groups in total. The first-order valence-corrected chi connectivity index (χ1v) is 6.93. The molecule has 0 saturated carbocycles. The molecule has 110 valence electrons. The molecule has 1 atom stereocenters. The van der Waals surface area contributed by atoms with E-state index in [0.29, 0.717) is 18.5 Å². The molecule has 0 fully saturated rings. The number of carboxylic acid groups (broad SMARTS) is 1. The first kappa shape index (κ1) is 16.2. The van der Waals surface area contributed by atoms with E-state index in [0.717, 1.165) is 0 Å². The maximum absolute atomic E-state index is 12.1. The zero-order valence-electron chi connectivity index (χ0n) is 12.6. The predicted octanol–water partition coefficient (Wildman–Crippen LogP) is 2.88. The van der Waals surface area contributed by atoms with Gasteiger partial charge in [-0.15, -0.1) is 0 Å². The molecule has 20 heavy (non-hydrogen) atoms. The third-order valence-electron chi connectivity index (χ3n) is 3.47. The van der Waals surface area contributed by atoms with Crippen LogP contribution in [0.15, 0.2) is 30.3 Å². The molecule has 0 spiro atoms. The average Bonchev–Trinajstić information content (AvgIpc) is 2.38.